The van der Waals surface area contributed by atoms with E-state index in [1.807, 2.05) is 36.9 Å². The van der Waals surface area contributed by atoms with Crippen LogP contribution in [0.15, 0.2) is 24.4 Å². The SMILES string of the molecule is Cc1nn([C@H](C)c2ccc(Cl)cc2Cl)c2nc(N3CC([C@@H]4CCCN(CC(=O)O)C4)C3)cnc12. The molecule has 2 fully saturated rings. The van der Waals surface area contributed by atoms with E-state index in [9.17, 15) is 4.79 Å². The van der Waals surface area contributed by atoms with Gasteiger partial charge in [-0.15, -0.1) is 0 Å². The Kier molecular flexibility index (Phi) is 6.39. The molecular weight excluding hydrogens is 475 g/mol. The molecule has 1 N–H and O–H groups in total. The van der Waals surface area contributed by atoms with E-state index in [0.717, 1.165) is 67.3 Å². The first-order valence-electron chi connectivity index (χ1n) is 11.7. The lowest BCUT2D eigenvalue weighted by atomic mass is 9.80. The van der Waals surface area contributed by atoms with E-state index in [1.54, 1.807) is 6.07 Å². The number of carboxylic acid groups (broad SMARTS) is 1. The molecule has 2 saturated heterocycles. The fourth-order valence-corrected chi connectivity index (χ4v) is 5.81. The topological polar surface area (TPSA) is 87.4 Å². The van der Waals surface area contributed by atoms with Crippen LogP contribution >= 0.6 is 23.2 Å². The van der Waals surface area contributed by atoms with Gasteiger partial charge in [0.15, 0.2) is 5.65 Å². The zero-order valence-corrected chi connectivity index (χ0v) is 20.8. The average Bonchev–Trinajstić information content (AvgIpc) is 3.08. The number of benzene rings is 1. The summed E-state index contributed by atoms with van der Waals surface area (Å²) < 4.78 is 1.89. The molecule has 4 heterocycles. The second kappa shape index (κ2) is 9.32. The van der Waals surface area contributed by atoms with Crippen LogP contribution in [-0.2, 0) is 4.79 Å². The Morgan fingerprint density at radius 2 is 2.03 bits per heavy atom. The van der Waals surface area contributed by atoms with Crippen molar-refractivity contribution in [2.45, 2.75) is 32.7 Å². The van der Waals surface area contributed by atoms with Gasteiger partial charge in [-0.3, -0.25) is 9.69 Å². The predicted octanol–water partition coefficient (Wildman–Crippen LogP) is 4.28. The van der Waals surface area contributed by atoms with Crippen LogP contribution in [0.3, 0.4) is 0 Å². The number of piperidine rings is 1. The van der Waals surface area contributed by atoms with Gasteiger partial charge in [-0.05, 0) is 62.8 Å². The van der Waals surface area contributed by atoms with Crippen LogP contribution in [0.1, 0.15) is 37.1 Å². The summed E-state index contributed by atoms with van der Waals surface area (Å²) in [5.74, 6) is 1.17. The molecule has 0 unspecified atom stereocenters. The second-order valence-electron chi connectivity index (χ2n) is 9.47. The molecule has 10 heteroatoms. The number of carbonyl (C=O) groups is 1. The predicted molar refractivity (Wildman–Crippen MR) is 133 cm³/mol. The highest BCUT2D eigenvalue weighted by atomic mass is 35.5. The quantitative estimate of drug-likeness (QED) is 0.537. The van der Waals surface area contributed by atoms with Crippen molar-refractivity contribution in [1.29, 1.82) is 0 Å². The first-order chi connectivity index (χ1) is 16.3. The summed E-state index contributed by atoms with van der Waals surface area (Å²) >= 11 is 12.5. The van der Waals surface area contributed by atoms with Crippen molar-refractivity contribution in [2.75, 3.05) is 37.6 Å². The fourth-order valence-electron chi connectivity index (χ4n) is 5.24. The van der Waals surface area contributed by atoms with Gasteiger partial charge in [0.1, 0.15) is 11.3 Å². The van der Waals surface area contributed by atoms with E-state index < -0.39 is 5.97 Å². The number of aryl methyl sites for hydroxylation is 1. The van der Waals surface area contributed by atoms with Crippen molar-refractivity contribution < 1.29 is 9.90 Å². The van der Waals surface area contributed by atoms with E-state index in [2.05, 4.69) is 14.8 Å². The number of hydrogen-bond acceptors (Lipinski definition) is 6. The molecule has 0 spiro atoms. The first kappa shape index (κ1) is 23.3. The molecule has 2 aliphatic heterocycles. The number of aromatic nitrogens is 4. The molecule has 2 atom stereocenters. The number of halogens is 2. The molecule has 2 aliphatic rings. The largest absolute Gasteiger partial charge is 0.480 e. The van der Waals surface area contributed by atoms with Crippen molar-refractivity contribution >= 4 is 46.2 Å². The maximum absolute atomic E-state index is 11.1. The highest BCUT2D eigenvalue weighted by Crippen LogP contribution is 2.35. The van der Waals surface area contributed by atoms with Gasteiger partial charge in [0.25, 0.3) is 0 Å². The molecule has 0 amide bonds. The minimum atomic E-state index is -0.750. The van der Waals surface area contributed by atoms with Crippen LogP contribution in [0.25, 0.3) is 11.2 Å². The van der Waals surface area contributed by atoms with E-state index >= 15 is 0 Å². The Balaban J connectivity index is 1.33. The van der Waals surface area contributed by atoms with Gasteiger partial charge < -0.3 is 10.0 Å². The van der Waals surface area contributed by atoms with Gasteiger partial charge in [-0.2, -0.15) is 5.10 Å². The average molecular weight is 503 g/mol. The van der Waals surface area contributed by atoms with Gasteiger partial charge in [-0.25, -0.2) is 14.6 Å². The van der Waals surface area contributed by atoms with Crippen molar-refractivity contribution in [2.24, 2.45) is 11.8 Å². The highest BCUT2D eigenvalue weighted by Gasteiger charge is 2.37. The van der Waals surface area contributed by atoms with Crippen molar-refractivity contribution in [3.05, 3.63) is 45.7 Å². The van der Waals surface area contributed by atoms with Gasteiger partial charge in [-0.1, -0.05) is 29.3 Å². The zero-order chi connectivity index (χ0) is 24.0. The summed E-state index contributed by atoms with van der Waals surface area (Å²) in [6.07, 6.45) is 4.05. The molecule has 0 bridgehead atoms. The Morgan fingerprint density at radius 1 is 1.24 bits per heavy atom. The van der Waals surface area contributed by atoms with E-state index in [-0.39, 0.29) is 12.6 Å². The third-order valence-corrected chi connectivity index (χ3v) is 7.70. The highest BCUT2D eigenvalue weighted by molar-refractivity contribution is 6.35. The summed E-state index contributed by atoms with van der Waals surface area (Å²) in [7, 11) is 0. The lowest BCUT2D eigenvalue weighted by molar-refractivity contribution is -0.138. The minimum absolute atomic E-state index is 0.128. The molecule has 0 aliphatic carbocycles. The monoisotopic (exact) mass is 502 g/mol. The zero-order valence-electron chi connectivity index (χ0n) is 19.3. The molecule has 5 rings (SSSR count). The smallest absolute Gasteiger partial charge is 0.317 e. The summed E-state index contributed by atoms with van der Waals surface area (Å²) in [6.45, 7) is 7.68. The lowest BCUT2D eigenvalue weighted by Crippen LogP contribution is -2.54. The number of fused-ring (bicyclic) bond motifs is 1. The number of aliphatic carboxylic acids is 1. The second-order valence-corrected chi connectivity index (χ2v) is 10.3. The number of anilines is 1. The van der Waals surface area contributed by atoms with Gasteiger partial charge in [0.05, 0.1) is 24.5 Å². The Morgan fingerprint density at radius 3 is 2.76 bits per heavy atom. The lowest BCUT2D eigenvalue weighted by Gasteiger charge is -2.46. The normalized spacial score (nSPS) is 20.5. The van der Waals surface area contributed by atoms with Crippen molar-refractivity contribution in [1.82, 2.24) is 24.6 Å². The maximum Gasteiger partial charge on any atom is 0.317 e. The number of nitrogens with zero attached hydrogens (tertiary/aromatic N) is 6. The van der Waals surface area contributed by atoms with Crippen LogP contribution in [0.5, 0.6) is 0 Å². The van der Waals surface area contributed by atoms with Crippen LogP contribution in [-0.4, -0.2) is 68.4 Å². The third-order valence-electron chi connectivity index (χ3n) is 7.14. The van der Waals surface area contributed by atoms with E-state index in [4.69, 9.17) is 38.4 Å². The molecule has 180 valence electrons. The van der Waals surface area contributed by atoms with Crippen molar-refractivity contribution in [3.8, 4) is 0 Å². The number of carboxylic acids is 1. The molecule has 8 nitrogen and oxygen atoms in total. The molecule has 3 aromatic rings. The fraction of sp³-hybridized carbons (Fsp3) is 0.500. The van der Waals surface area contributed by atoms with E-state index in [1.165, 1.54) is 0 Å². The summed E-state index contributed by atoms with van der Waals surface area (Å²) in [4.78, 5) is 25.0. The molecule has 0 saturated carbocycles. The van der Waals surface area contributed by atoms with Crippen LogP contribution < -0.4 is 4.90 Å². The standard InChI is InChI=1S/C24H28Cl2N6O2/c1-14-23-24(32(29-14)15(2)19-6-5-18(25)8-20(19)26)28-21(9-27-23)31-11-17(12-31)16-4-3-7-30(10-16)13-22(33)34/h5-6,8-9,15-17H,3-4,7,10-13H2,1-2H3,(H,33,34)/t15-,16-/m1/s1. The molecular formula is C24H28Cl2N6O2. The first-order valence-corrected chi connectivity index (χ1v) is 12.4. The number of hydrogen-bond donors (Lipinski definition) is 1. The molecule has 1 aromatic carbocycles. The van der Waals surface area contributed by atoms with Gasteiger partial charge >= 0.3 is 5.97 Å². The van der Waals surface area contributed by atoms with Crippen LogP contribution in [0, 0.1) is 18.8 Å². The minimum Gasteiger partial charge on any atom is -0.480 e. The maximum atomic E-state index is 11.1. The van der Waals surface area contributed by atoms with Gasteiger partial charge in [0.2, 0.25) is 0 Å². The van der Waals surface area contributed by atoms with Crippen molar-refractivity contribution in [3.63, 3.8) is 0 Å². The third kappa shape index (κ3) is 4.46. The van der Waals surface area contributed by atoms with Crippen LogP contribution in [0.2, 0.25) is 10.0 Å². The van der Waals surface area contributed by atoms with Crippen LogP contribution in [0.4, 0.5) is 5.82 Å². The Bertz CT molecular complexity index is 1230. The molecule has 2 aromatic heterocycles. The number of likely N-dealkylation sites (tertiary alicyclic amines) is 1. The van der Waals surface area contributed by atoms with Gasteiger partial charge in [0, 0.05) is 29.7 Å². The summed E-state index contributed by atoms with van der Waals surface area (Å²) in [5, 5.41) is 15.0. The number of rotatable bonds is 6. The summed E-state index contributed by atoms with van der Waals surface area (Å²) in [5.41, 5.74) is 3.28. The molecule has 34 heavy (non-hydrogen) atoms. The van der Waals surface area contributed by atoms with E-state index in [0.29, 0.717) is 21.9 Å². The Labute approximate surface area is 208 Å². The summed E-state index contributed by atoms with van der Waals surface area (Å²) in [6, 6.07) is 5.37. The Hall–Kier alpha value is -2.42. The molecule has 0 radical (unpaired) electrons.